The smallest absolute Gasteiger partial charge is 0.229 e. The number of nitrogens with one attached hydrogen (secondary N) is 2. The first-order valence-corrected chi connectivity index (χ1v) is 8.34. The lowest BCUT2D eigenvalue weighted by atomic mass is 10.1. The Morgan fingerprint density at radius 1 is 1.05 bits per heavy atom. The molecular formula is C15H15FN2O3S. The molecule has 0 atom stereocenters. The fourth-order valence-electron chi connectivity index (χ4n) is 1.86. The molecule has 2 aromatic rings. The zero-order chi connectivity index (χ0) is 16.2. The lowest BCUT2D eigenvalue weighted by molar-refractivity contribution is -0.115. The molecule has 0 aliphatic carbocycles. The van der Waals surface area contributed by atoms with E-state index in [1.54, 1.807) is 24.3 Å². The Morgan fingerprint density at radius 2 is 1.64 bits per heavy atom. The van der Waals surface area contributed by atoms with Crippen LogP contribution in [-0.4, -0.2) is 20.6 Å². The van der Waals surface area contributed by atoms with Crippen LogP contribution in [0, 0.1) is 5.82 Å². The molecule has 0 heterocycles. The molecule has 0 aromatic heterocycles. The van der Waals surface area contributed by atoms with Gasteiger partial charge in [-0.1, -0.05) is 24.3 Å². The van der Waals surface area contributed by atoms with Gasteiger partial charge in [0.25, 0.3) is 0 Å². The summed E-state index contributed by atoms with van der Waals surface area (Å²) in [6.45, 7) is 0. The first-order chi connectivity index (χ1) is 10.3. The minimum absolute atomic E-state index is 0.0630. The average Bonchev–Trinajstić information content (AvgIpc) is 2.42. The molecule has 7 heteroatoms. The summed E-state index contributed by atoms with van der Waals surface area (Å²) in [5.74, 6) is -0.693. The van der Waals surface area contributed by atoms with Crippen LogP contribution in [0.2, 0.25) is 0 Å². The summed E-state index contributed by atoms with van der Waals surface area (Å²) in [5.41, 5.74) is 1.31. The van der Waals surface area contributed by atoms with Crippen LogP contribution < -0.4 is 10.0 Å². The number of hydrogen-bond acceptors (Lipinski definition) is 3. The molecule has 2 aromatic carbocycles. The zero-order valence-corrected chi connectivity index (χ0v) is 12.7. The van der Waals surface area contributed by atoms with Gasteiger partial charge in [-0.05, 0) is 29.8 Å². The van der Waals surface area contributed by atoms with Crippen molar-refractivity contribution in [3.05, 3.63) is 59.9 Å². The molecule has 0 bridgehead atoms. The fourth-order valence-corrected chi connectivity index (χ4v) is 2.44. The molecule has 5 nitrogen and oxygen atoms in total. The van der Waals surface area contributed by atoms with Gasteiger partial charge in [-0.15, -0.1) is 0 Å². The van der Waals surface area contributed by atoms with E-state index in [1.165, 1.54) is 24.3 Å². The highest BCUT2D eigenvalue weighted by atomic mass is 32.2. The summed E-state index contributed by atoms with van der Waals surface area (Å²) < 4.78 is 37.8. The van der Waals surface area contributed by atoms with Gasteiger partial charge in [0.05, 0.1) is 24.1 Å². The van der Waals surface area contributed by atoms with Gasteiger partial charge in [-0.25, -0.2) is 12.8 Å². The van der Waals surface area contributed by atoms with E-state index in [9.17, 15) is 17.6 Å². The standard InChI is InChI=1S/C15H15FN2O3S/c1-22(20,21)18-14-5-3-2-4-13(14)17-15(19)10-11-6-8-12(16)9-7-11/h2-9,18H,10H2,1H3,(H,17,19). The third-order valence-corrected chi connectivity index (χ3v) is 3.37. The molecule has 0 saturated carbocycles. The van der Waals surface area contributed by atoms with Crippen molar-refractivity contribution < 1.29 is 17.6 Å². The molecule has 1 amide bonds. The molecule has 0 unspecified atom stereocenters. The maximum atomic E-state index is 12.8. The second-order valence-corrected chi connectivity index (χ2v) is 6.52. The predicted octanol–water partition coefficient (Wildman–Crippen LogP) is 2.38. The molecule has 0 saturated heterocycles. The van der Waals surface area contributed by atoms with Crippen molar-refractivity contribution in [1.82, 2.24) is 0 Å². The molecule has 0 fully saturated rings. The Hall–Kier alpha value is -2.41. The topological polar surface area (TPSA) is 75.3 Å². The molecule has 22 heavy (non-hydrogen) atoms. The molecule has 0 radical (unpaired) electrons. The Labute approximate surface area is 128 Å². The summed E-state index contributed by atoms with van der Waals surface area (Å²) in [7, 11) is -3.44. The van der Waals surface area contributed by atoms with Crippen LogP contribution in [0.3, 0.4) is 0 Å². The highest BCUT2D eigenvalue weighted by molar-refractivity contribution is 7.92. The maximum absolute atomic E-state index is 12.8. The van der Waals surface area contributed by atoms with E-state index < -0.39 is 10.0 Å². The van der Waals surface area contributed by atoms with Gasteiger partial charge in [0.15, 0.2) is 0 Å². The molecule has 2 N–H and O–H groups in total. The van der Waals surface area contributed by atoms with Crippen molar-refractivity contribution in [3.63, 3.8) is 0 Å². The van der Waals surface area contributed by atoms with Gasteiger partial charge >= 0.3 is 0 Å². The van der Waals surface area contributed by atoms with Gasteiger partial charge in [0, 0.05) is 0 Å². The lowest BCUT2D eigenvalue weighted by Gasteiger charge is -2.11. The van der Waals surface area contributed by atoms with Gasteiger partial charge in [-0.2, -0.15) is 0 Å². The van der Waals surface area contributed by atoms with Crippen molar-refractivity contribution in [1.29, 1.82) is 0 Å². The van der Waals surface area contributed by atoms with Crippen LogP contribution in [0.5, 0.6) is 0 Å². The lowest BCUT2D eigenvalue weighted by Crippen LogP contribution is -2.17. The summed E-state index contributed by atoms with van der Waals surface area (Å²) in [6.07, 6.45) is 1.09. The van der Waals surface area contributed by atoms with Crippen molar-refractivity contribution in [2.45, 2.75) is 6.42 Å². The summed E-state index contributed by atoms with van der Waals surface area (Å²) in [6, 6.07) is 12.1. The predicted molar refractivity (Wildman–Crippen MR) is 83.6 cm³/mol. The first kappa shape index (κ1) is 16.0. The van der Waals surface area contributed by atoms with Crippen molar-refractivity contribution >= 4 is 27.3 Å². The summed E-state index contributed by atoms with van der Waals surface area (Å²) in [5, 5.41) is 2.64. The number of amides is 1. The number of anilines is 2. The Morgan fingerprint density at radius 3 is 2.23 bits per heavy atom. The van der Waals surface area contributed by atoms with E-state index in [2.05, 4.69) is 10.0 Å². The third-order valence-electron chi connectivity index (χ3n) is 2.77. The Kier molecular flexibility index (Phi) is 4.77. The molecule has 2 rings (SSSR count). The van der Waals surface area contributed by atoms with Crippen molar-refractivity contribution in [2.24, 2.45) is 0 Å². The van der Waals surface area contributed by atoms with Crippen LogP contribution in [-0.2, 0) is 21.2 Å². The van der Waals surface area contributed by atoms with E-state index >= 15 is 0 Å². The minimum atomic E-state index is -3.44. The van der Waals surface area contributed by atoms with Gasteiger partial charge in [0.2, 0.25) is 15.9 Å². The van der Waals surface area contributed by atoms with Crippen LogP contribution >= 0.6 is 0 Å². The van der Waals surface area contributed by atoms with E-state index in [1.807, 2.05) is 0 Å². The molecule has 0 spiro atoms. The van der Waals surface area contributed by atoms with E-state index in [0.717, 1.165) is 6.26 Å². The zero-order valence-electron chi connectivity index (χ0n) is 11.8. The largest absolute Gasteiger partial charge is 0.324 e. The number of carbonyl (C=O) groups excluding carboxylic acids is 1. The molecule has 0 aliphatic heterocycles. The van der Waals surface area contributed by atoms with Crippen molar-refractivity contribution in [3.8, 4) is 0 Å². The van der Waals surface area contributed by atoms with Crippen molar-refractivity contribution in [2.75, 3.05) is 16.3 Å². The normalized spacial score (nSPS) is 11.0. The number of benzene rings is 2. The van der Waals surface area contributed by atoms with Crippen LogP contribution in [0.15, 0.2) is 48.5 Å². The van der Waals surface area contributed by atoms with Gasteiger partial charge < -0.3 is 5.32 Å². The molecule has 116 valence electrons. The number of carbonyl (C=O) groups is 1. The van der Waals surface area contributed by atoms with E-state index in [4.69, 9.17) is 0 Å². The van der Waals surface area contributed by atoms with Crippen LogP contribution in [0.1, 0.15) is 5.56 Å². The SMILES string of the molecule is CS(=O)(=O)Nc1ccccc1NC(=O)Cc1ccc(F)cc1. The van der Waals surface area contributed by atoms with Gasteiger partial charge in [-0.3, -0.25) is 9.52 Å². The quantitative estimate of drug-likeness (QED) is 0.887. The monoisotopic (exact) mass is 322 g/mol. The van der Waals surface area contributed by atoms with E-state index in [0.29, 0.717) is 11.3 Å². The number of para-hydroxylation sites is 2. The summed E-state index contributed by atoms with van der Waals surface area (Å²) >= 11 is 0. The molecule has 0 aliphatic rings. The second kappa shape index (κ2) is 6.57. The second-order valence-electron chi connectivity index (χ2n) is 4.77. The maximum Gasteiger partial charge on any atom is 0.229 e. The van der Waals surface area contributed by atoms with Crippen LogP contribution in [0.4, 0.5) is 15.8 Å². The average molecular weight is 322 g/mol. The van der Waals surface area contributed by atoms with Gasteiger partial charge in [0.1, 0.15) is 5.82 Å². The molecular weight excluding hydrogens is 307 g/mol. The fraction of sp³-hybridized carbons (Fsp3) is 0.133. The number of sulfonamides is 1. The number of halogens is 1. The highest BCUT2D eigenvalue weighted by Gasteiger charge is 2.10. The Bertz CT molecular complexity index is 774. The first-order valence-electron chi connectivity index (χ1n) is 6.44. The Balaban J connectivity index is 2.10. The number of hydrogen-bond donors (Lipinski definition) is 2. The summed E-state index contributed by atoms with van der Waals surface area (Å²) in [4.78, 5) is 12.0. The van der Waals surface area contributed by atoms with Crippen LogP contribution in [0.25, 0.3) is 0 Å². The third kappa shape index (κ3) is 4.85. The highest BCUT2D eigenvalue weighted by Crippen LogP contribution is 2.22. The van der Waals surface area contributed by atoms with E-state index in [-0.39, 0.29) is 23.8 Å². The minimum Gasteiger partial charge on any atom is -0.324 e. The number of rotatable bonds is 5.